The highest BCUT2D eigenvalue weighted by Gasteiger charge is 2.13. The number of aryl methyl sites for hydroxylation is 1. The van der Waals surface area contributed by atoms with Gasteiger partial charge in [0.15, 0.2) is 5.13 Å². The lowest BCUT2D eigenvalue weighted by molar-refractivity contribution is -0.116. The van der Waals surface area contributed by atoms with E-state index in [-0.39, 0.29) is 5.91 Å². The van der Waals surface area contributed by atoms with Crippen LogP contribution in [0.15, 0.2) is 59.1 Å². The molecule has 0 radical (unpaired) electrons. The van der Waals surface area contributed by atoms with Gasteiger partial charge in [-0.2, -0.15) is 0 Å². The van der Waals surface area contributed by atoms with Gasteiger partial charge in [-0.05, 0) is 37.1 Å². The SMILES string of the molecule is CCc1sc(NC(=O)CCCOc2ccccc2)nc1-c1ccc(Br)cc1. The van der Waals surface area contributed by atoms with Crippen molar-refractivity contribution in [3.8, 4) is 17.0 Å². The van der Waals surface area contributed by atoms with Crippen LogP contribution in [-0.4, -0.2) is 17.5 Å². The molecule has 0 aliphatic rings. The molecule has 0 aliphatic heterocycles. The summed E-state index contributed by atoms with van der Waals surface area (Å²) >= 11 is 4.99. The van der Waals surface area contributed by atoms with Gasteiger partial charge in [0, 0.05) is 21.3 Å². The Balaban J connectivity index is 1.54. The van der Waals surface area contributed by atoms with Crippen molar-refractivity contribution in [2.75, 3.05) is 11.9 Å². The van der Waals surface area contributed by atoms with Crippen LogP contribution in [0.1, 0.15) is 24.6 Å². The number of carbonyl (C=O) groups excluding carboxylic acids is 1. The molecule has 1 heterocycles. The van der Waals surface area contributed by atoms with Crippen LogP contribution in [0.25, 0.3) is 11.3 Å². The molecule has 0 saturated heterocycles. The lowest BCUT2D eigenvalue weighted by atomic mass is 10.1. The molecular formula is C21H21BrN2O2S. The second kappa shape index (κ2) is 9.67. The monoisotopic (exact) mass is 444 g/mol. The molecule has 27 heavy (non-hydrogen) atoms. The molecule has 2 aromatic carbocycles. The minimum Gasteiger partial charge on any atom is -0.494 e. The van der Waals surface area contributed by atoms with Crippen molar-refractivity contribution in [1.82, 2.24) is 4.98 Å². The summed E-state index contributed by atoms with van der Waals surface area (Å²) in [4.78, 5) is 18.0. The van der Waals surface area contributed by atoms with Gasteiger partial charge in [-0.3, -0.25) is 4.79 Å². The highest BCUT2D eigenvalue weighted by Crippen LogP contribution is 2.32. The van der Waals surface area contributed by atoms with Crippen molar-refractivity contribution in [3.63, 3.8) is 0 Å². The van der Waals surface area contributed by atoms with Gasteiger partial charge in [0.1, 0.15) is 5.75 Å². The number of ether oxygens (including phenoxy) is 1. The van der Waals surface area contributed by atoms with Crippen molar-refractivity contribution in [1.29, 1.82) is 0 Å². The minimum atomic E-state index is -0.0366. The average Bonchev–Trinajstić information content (AvgIpc) is 3.09. The number of hydrogen-bond donors (Lipinski definition) is 1. The normalized spacial score (nSPS) is 10.6. The number of rotatable bonds is 8. The fourth-order valence-electron chi connectivity index (χ4n) is 2.60. The zero-order valence-corrected chi connectivity index (χ0v) is 17.5. The van der Waals surface area contributed by atoms with E-state index < -0.39 is 0 Å². The number of anilines is 1. The highest BCUT2D eigenvalue weighted by molar-refractivity contribution is 9.10. The molecule has 0 saturated carbocycles. The van der Waals surface area contributed by atoms with Gasteiger partial charge in [-0.15, -0.1) is 11.3 Å². The van der Waals surface area contributed by atoms with Gasteiger partial charge in [0.05, 0.1) is 12.3 Å². The Morgan fingerprint density at radius 3 is 2.59 bits per heavy atom. The second-order valence-corrected chi connectivity index (χ2v) is 7.96. The largest absolute Gasteiger partial charge is 0.494 e. The van der Waals surface area contributed by atoms with Gasteiger partial charge in [0.2, 0.25) is 5.91 Å². The van der Waals surface area contributed by atoms with Gasteiger partial charge in [-0.1, -0.05) is 53.2 Å². The summed E-state index contributed by atoms with van der Waals surface area (Å²) in [5, 5.41) is 3.57. The first-order chi connectivity index (χ1) is 13.2. The summed E-state index contributed by atoms with van der Waals surface area (Å²) in [6.07, 6.45) is 1.94. The number of carbonyl (C=O) groups is 1. The lowest BCUT2D eigenvalue weighted by Gasteiger charge is -2.05. The molecule has 1 amide bonds. The number of para-hydroxylation sites is 1. The summed E-state index contributed by atoms with van der Waals surface area (Å²) < 4.78 is 6.65. The number of nitrogens with zero attached hydrogens (tertiary/aromatic N) is 1. The van der Waals surface area contributed by atoms with Gasteiger partial charge < -0.3 is 10.1 Å². The molecule has 3 rings (SSSR count). The molecule has 1 N–H and O–H groups in total. The molecule has 140 valence electrons. The molecule has 0 unspecified atom stereocenters. The standard InChI is InChI=1S/C21H21BrN2O2S/c1-2-18-20(15-10-12-16(22)13-11-15)24-21(27-18)23-19(25)9-6-14-26-17-7-4-3-5-8-17/h3-5,7-8,10-13H,2,6,9,14H2,1H3,(H,23,24,25). The highest BCUT2D eigenvalue weighted by atomic mass is 79.9. The molecule has 0 fully saturated rings. The predicted molar refractivity (Wildman–Crippen MR) is 114 cm³/mol. The Morgan fingerprint density at radius 1 is 1.15 bits per heavy atom. The van der Waals surface area contributed by atoms with Gasteiger partial charge >= 0.3 is 0 Å². The molecule has 0 bridgehead atoms. The van der Waals surface area contributed by atoms with Crippen molar-refractivity contribution < 1.29 is 9.53 Å². The first-order valence-corrected chi connectivity index (χ1v) is 10.5. The van der Waals surface area contributed by atoms with Gasteiger partial charge in [-0.25, -0.2) is 4.98 Å². The van der Waals surface area contributed by atoms with E-state index in [4.69, 9.17) is 4.74 Å². The topological polar surface area (TPSA) is 51.2 Å². The lowest BCUT2D eigenvalue weighted by Crippen LogP contribution is -2.12. The van der Waals surface area contributed by atoms with Crippen LogP contribution in [0.5, 0.6) is 5.75 Å². The summed E-state index contributed by atoms with van der Waals surface area (Å²) in [5.74, 6) is 0.787. The summed E-state index contributed by atoms with van der Waals surface area (Å²) in [6.45, 7) is 2.61. The first kappa shape index (κ1) is 19.6. The summed E-state index contributed by atoms with van der Waals surface area (Å²) in [6, 6.07) is 17.7. The fraction of sp³-hybridized carbons (Fsp3) is 0.238. The maximum absolute atomic E-state index is 12.2. The van der Waals surface area contributed by atoms with Crippen molar-refractivity contribution in [3.05, 3.63) is 63.9 Å². The molecule has 0 spiro atoms. The van der Waals surface area contributed by atoms with E-state index in [1.165, 1.54) is 16.2 Å². The number of halogens is 1. The molecule has 6 heteroatoms. The number of hydrogen-bond acceptors (Lipinski definition) is 4. The third kappa shape index (κ3) is 5.65. The maximum Gasteiger partial charge on any atom is 0.226 e. The van der Waals surface area contributed by atoms with E-state index in [1.54, 1.807) is 0 Å². The van der Waals surface area contributed by atoms with Gasteiger partial charge in [0.25, 0.3) is 0 Å². The number of thiazole rings is 1. The number of benzene rings is 2. The van der Waals surface area contributed by atoms with Crippen LogP contribution in [0.2, 0.25) is 0 Å². The number of aromatic nitrogens is 1. The van der Waals surface area contributed by atoms with E-state index in [1.807, 2.05) is 54.6 Å². The van der Waals surface area contributed by atoms with Crippen LogP contribution < -0.4 is 10.1 Å². The average molecular weight is 445 g/mol. The van der Waals surface area contributed by atoms with Crippen molar-refractivity contribution in [2.24, 2.45) is 0 Å². The zero-order chi connectivity index (χ0) is 19.1. The molecule has 0 aliphatic carbocycles. The third-order valence-corrected chi connectivity index (χ3v) is 5.59. The maximum atomic E-state index is 12.2. The smallest absolute Gasteiger partial charge is 0.226 e. The minimum absolute atomic E-state index is 0.0366. The van der Waals surface area contributed by atoms with Crippen LogP contribution in [0.4, 0.5) is 5.13 Å². The Hall–Kier alpha value is -2.18. The molecule has 1 aromatic heterocycles. The molecule has 4 nitrogen and oxygen atoms in total. The van der Waals surface area contributed by atoms with Crippen molar-refractivity contribution >= 4 is 38.3 Å². The van der Waals surface area contributed by atoms with Crippen molar-refractivity contribution in [2.45, 2.75) is 26.2 Å². The van der Waals surface area contributed by atoms with E-state index in [0.29, 0.717) is 24.6 Å². The van der Waals surface area contributed by atoms with E-state index >= 15 is 0 Å². The number of nitrogens with one attached hydrogen (secondary N) is 1. The summed E-state index contributed by atoms with van der Waals surface area (Å²) in [5.41, 5.74) is 2.00. The summed E-state index contributed by atoms with van der Waals surface area (Å²) in [7, 11) is 0. The molecular weight excluding hydrogens is 424 g/mol. The van der Waals surface area contributed by atoms with E-state index in [0.717, 1.165) is 27.9 Å². The van der Waals surface area contributed by atoms with E-state index in [2.05, 4.69) is 33.2 Å². The van der Waals surface area contributed by atoms with Crippen LogP contribution in [0.3, 0.4) is 0 Å². The zero-order valence-electron chi connectivity index (χ0n) is 15.1. The predicted octanol–water partition coefficient (Wildman–Crippen LogP) is 5.93. The Labute approximate surface area is 171 Å². The fourth-order valence-corrected chi connectivity index (χ4v) is 3.80. The Bertz CT molecular complexity index is 879. The Morgan fingerprint density at radius 2 is 1.89 bits per heavy atom. The third-order valence-electron chi connectivity index (χ3n) is 3.94. The second-order valence-electron chi connectivity index (χ2n) is 5.96. The molecule has 0 atom stereocenters. The van der Waals surface area contributed by atoms with Crippen LogP contribution in [0, 0.1) is 0 Å². The molecule has 3 aromatic rings. The number of amides is 1. The van der Waals surface area contributed by atoms with Crippen LogP contribution >= 0.6 is 27.3 Å². The van der Waals surface area contributed by atoms with E-state index in [9.17, 15) is 4.79 Å². The quantitative estimate of drug-likeness (QED) is 0.437. The van der Waals surface area contributed by atoms with Crippen LogP contribution in [-0.2, 0) is 11.2 Å². The first-order valence-electron chi connectivity index (χ1n) is 8.89. The Kier molecular flexibility index (Phi) is 7.01.